The normalized spacial score (nSPS) is 14.2. The fraction of sp³-hybridized carbons (Fsp3) is 0.452. The van der Waals surface area contributed by atoms with Crippen LogP contribution in [-0.4, -0.2) is 11.0 Å². The number of imidazole rings is 1. The van der Waals surface area contributed by atoms with Crippen LogP contribution in [0.2, 0.25) is 0 Å². The Morgan fingerprint density at radius 2 is 1.78 bits per heavy atom. The van der Waals surface area contributed by atoms with Gasteiger partial charge in [0.05, 0.1) is 18.0 Å². The van der Waals surface area contributed by atoms with E-state index in [2.05, 4.69) is 11.9 Å². The first kappa shape index (κ1) is 30.4. The molecule has 0 aliphatic carbocycles. The van der Waals surface area contributed by atoms with E-state index in [0.29, 0.717) is 12.2 Å². The number of nitrogens with one attached hydrogen (secondary N) is 1. The molecule has 41 heavy (non-hydrogen) atoms. The molecule has 0 fully saturated rings. The van der Waals surface area contributed by atoms with Crippen LogP contribution in [0, 0.1) is 18.6 Å². The number of carbonyl (C=O) groups excluding carboxylic acids is 1. The number of hydrogen-bond donors (Lipinski definition) is 1. The molecule has 0 atom stereocenters. The van der Waals surface area contributed by atoms with Gasteiger partial charge in [-0.2, -0.15) is 17.7 Å². The van der Waals surface area contributed by atoms with Crippen LogP contribution in [0.25, 0.3) is 17.5 Å². The summed E-state index contributed by atoms with van der Waals surface area (Å²) in [5.41, 5.74) is -2.40. The lowest BCUT2D eigenvalue weighted by Gasteiger charge is -2.33. The Kier molecular flexibility index (Phi) is 8.70. The number of nitrogens with zero attached hydrogens (tertiary/aromatic N) is 2. The topological polar surface area (TPSA) is 49.9 Å². The molecule has 3 heterocycles. The summed E-state index contributed by atoms with van der Waals surface area (Å²) in [4.78, 5) is 16.3. The Labute approximate surface area is 236 Å². The van der Waals surface area contributed by atoms with Crippen molar-refractivity contribution < 1.29 is 40.6 Å². The third-order valence-electron chi connectivity index (χ3n) is 8.27. The lowest BCUT2D eigenvalue weighted by atomic mass is 9.71. The van der Waals surface area contributed by atoms with Crippen molar-refractivity contribution in [3.05, 3.63) is 76.2 Å². The van der Waals surface area contributed by atoms with Crippen molar-refractivity contribution in [1.29, 1.82) is 0 Å². The fourth-order valence-corrected chi connectivity index (χ4v) is 5.67. The van der Waals surface area contributed by atoms with Crippen molar-refractivity contribution in [3.63, 3.8) is 0 Å². The highest BCUT2D eigenvalue weighted by atomic mass is 19.4. The van der Waals surface area contributed by atoms with E-state index in [0.717, 1.165) is 37.3 Å². The van der Waals surface area contributed by atoms with Crippen LogP contribution in [0.1, 0.15) is 92.3 Å². The molecule has 1 aromatic carbocycles. The Morgan fingerprint density at radius 1 is 1.07 bits per heavy atom. The molecule has 0 spiro atoms. The number of alkyl halides is 3. The summed E-state index contributed by atoms with van der Waals surface area (Å²) in [7, 11) is 1.68. The largest absolute Gasteiger partial charge is 0.422 e. The first-order valence-corrected chi connectivity index (χ1v) is 14.0. The number of unbranched alkanes of at least 4 members (excludes halogenated alkanes) is 3. The Hall–Kier alpha value is -3.56. The second kappa shape index (κ2) is 11.7. The molecule has 1 aliphatic rings. The maximum atomic E-state index is 16.1. The van der Waals surface area contributed by atoms with Crippen LogP contribution in [0.4, 0.5) is 22.0 Å². The smallest absolute Gasteiger partial charge is 0.417 e. The van der Waals surface area contributed by atoms with Crippen molar-refractivity contribution in [1.82, 2.24) is 4.98 Å². The summed E-state index contributed by atoms with van der Waals surface area (Å²) in [5.74, 6) is -3.30. The van der Waals surface area contributed by atoms with E-state index in [1.807, 2.05) is 6.07 Å². The summed E-state index contributed by atoms with van der Waals surface area (Å²) < 4.78 is 82.1. The number of ether oxygens (including phenoxy) is 1. The van der Waals surface area contributed by atoms with E-state index in [4.69, 9.17) is 4.74 Å². The third kappa shape index (κ3) is 5.53. The summed E-state index contributed by atoms with van der Waals surface area (Å²) >= 11 is 0. The average Bonchev–Trinajstić information content (AvgIpc) is 3.19. The van der Waals surface area contributed by atoms with Crippen molar-refractivity contribution in [2.24, 2.45) is 7.05 Å². The van der Waals surface area contributed by atoms with Gasteiger partial charge in [-0.3, -0.25) is 0 Å². The minimum absolute atomic E-state index is 0.00792. The highest BCUT2D eigenvalue weighted by molar-refractivity contribution is 5.87. The molecule has 1 aliphatic heterocycles. The second-order valence-electron chi connectivity index (χ2n) is 10.6. The average molecular weight is 578 g/mol. The number of allylic oxidation sites excluding steroid dienone is 1. The molecule has 0 saturated heterocycles. The molecule has 0 radical (unpaired) electrons. The van der Waals surface area contributed by atoms with Gasteiger partial charge in [0.15, 0.2) is 17.8 Å². The van der Waals surface area contributed by atoms with E-state index in [-0.39, 0.29) is 41.1 Å². The Morgan fingerprint density at radius 3 is 2.37 bits per heavy atom. The van der Waals surface area contributed by atoms with Crippen LogP contribution < -0.4 is 9.13 Å². The molecule has 4 rings (SSSR count). The molecular weight excluding hydrogens is 541 g/mol. The quantitative estimate of drug-likeness (QED) is 0.126. The Bertz CT molecular complexity index is 1490. The van der Waals surface area contributed by atoms with E-state index >= 15 is 8.78 Å². The van der Waals surface area contributed by atoms with E-state index in [1.165, 1.54) is 17.0 Å². The summed E-state index contributed by atoms with van der Waals surface area (Å²) in [6, 6.07) is 4.23. The van der Waals surface area contributed by atoms with Gasteiger partial charge in [-0.05, 0) is 42.9 Å². The maximum absolute atomic E-state index is 16.1. The molecule has 0 saturated carbocycles. The number of rotatable bonds is 9. The first-order valence-electron chi connectivity index (χ1n) is 14.0. The molecule has 2 aromatic heterocycles. The number of aryl methyl sites for hydroxylation is 2. The Balaban J connectivity index is 1.99. The number of carbonyl (C=O) groups is 1. The molecule has 220 valence electrons. The van der Waals surface area contributed by atoms with Crippen LogP contribution in [0.15, 0.2) is 36.4 Å². The summed E-state index contributed by atoms with van der Waals surface area (Å²) in [6.45, 7) is 7.37. The zero-order chi connectivity index (χ0) is 30.1. The molecule has 1 N–H and O–H groups in total. The summed E-state index contributed by atoms with van der Waals surface area (Å²) in [5, 5.41) is 0. The highest BCUT2D eigenvalue weighted by Gasteiger charge is 2.48. The van der Waals surface area contributed by atoms with Crippen LogP contribution in [0.3, 0.4) is 0 Å². The molecule has 0 amide bonds. The lowest BCUT2D eigenvalue weighted by molar-refractivity contribution is -0.678. The van der Waals surface area contributed by atoms with E-state index in [9.17, 15) is 18.0 Å². The number of aromatic amines is 1. The molecule has 5 nitrogen and oxygen atoms in total. The van der Waals surface area contributed by atoms with Gasteiger partial charge in [-0.25, -0.2) is 23.1 Å². The number of aromatic nitrogens is 3. The van der Waals surface area contributed by atoms with Crippen molar-refractivity contribution in [3.8, 4) is 11.3 Å². The first-order chi connectivity index (χ1) is 19.4. The van der Waals surface area contributed by atoms with Crippen LogP contribution in [0.5, 0.6) is 0 Å². The molecule has 0 unspecified atom stereocenters. The van der Waals surface area contributed by atoms with Crippen LogP contribution in [-0.2, 0) is 29.8 Å². The lowest BCUT2D eigenvalue weighted by Crippen LogP contribution is -2.38. The van der Waals surface area contributed by atoms with Gasteiger partial charge in [0.2, 0.25) is 11.9 Å². The van der Waals surface area contributed by atoms with Gasteiger partial charge >= 0.3 is 12.1 Å². The van der Waals surface area contributed by atoms with Gasteiger partial charge in [-0.1, -0.05) is 40.0 Å². The number of fused-ring (bicyclic) bond motifs is 3. The third-order valence-corrected chi connectivity index (χ3v) is 8.27. The maximum Gasteiger partial charge on any atom is 0.422 e. The van der Waals surface area contributed by atoms with Crippen molar-refractivity contribution in [2.45, 2.75) is 84.2 Å². The second-order valence-corrected chi connectivity index (χ2v) is 10.6. The van der Waals surface area contributed by atoms with E-state index < -0.39 is 34.8 Å². The predicted molar refractivity (Wildman–Crippen MR) is 143 cm³/mol. The zero-order valence-corrected chi connectivity index (χ0v) is 24.0. The molecular formula is C31H36F5N3O2+2. The summed E-state index contributed by atoms with van der Waals surface area (Å²) in [6.07, 6.45) is 4.39. The van der Waals surface area contributed by atoms with Crippen molar-refractivity contribution in [2.75, 3.05) is 0 Å². The standard InChI is InChI=1S/C31H35F5N3O2/c1-6-9-10-11-12-20-13-14-39-18-25(41-29(40)24-17-37-19(4)38(24)5)30(7-2,8-3)21-16-22(32)27(31(34,35)36)28(33)26(21)23(39)15-20/h13-18H,6-12H2,1-5H3/q+1/p+1. The van der Waals surface area contributed by atoms with E-state index in [1.54, 1.807) is 44.6 Å². The minimum Gasteiger partial charge on any atom is -0.417 e. The van der Waals surface area contributed by atoms with Crippen LogP contribution >= 0.6 is 0 Å². The number of hydrogen-bond acceptors (Lipinski definition) is 2. The fourth-order valence-electron chi connectivity index (χ4n) is 5.67. The number of halogens is 5. The van der Waals surface area contributed by atoms with Gasteiger partial charge in [0.25, 0.3) is 11.5 Å². The molecule has 10 heteroatoms. The van der Waals surface area contributed by atoms with Crippen molar-refractivity contribution >= 4 is 12.2 Å². The zero-order valence-electron chi connectivity index (χ0n) is 24.0. The number of esters is 1. The molecule has 3 aromatic rings. The number of pyridine rings is 1. The van der Waals surface area contributed by atoms with Gasteiger partial charge in [0.1, 0.15) is 17.6 Å². The number of benzene rings is 1. The predicted octanol–water partition coefficient (Wildman–Crippen LogP) is 7.25. The number of H-pyrrole nitrogens is 1. The van der Waals surface area contributed by atoms with Gasteiger partial charge < -0.3 is 4.74 Å². The molecule has 0 bridgehead atoms. The highest BCUT2D eigenvalue weighted by Crippen LogP contribution is 2.49. The van der Waals surface area contributed by atoms with Gasteiger partial charge in [0, 0.05) is 19.1 Å². The minimum atomic E-state index is -5.25. The SMILES string of the molecule is CCCCCCc1cc[n+]2c(c1)-c1c(cc(F)c(C(F)(F)F)c1F)C(CC)(CC)C(OC(=O)c1c[nH]c(C)[n+]1C)=C2. The van der Waals surface area contributed by atoms with Gasteiger partial charge in [-0.15, -0.1) is 0 Å². The monoisotopic (exact) mass is 577 g/mol.